The van der Waals surface area contributed by atoms with Crippen LogP contribution < -0.4 is 0 Å². The highest BCUT2D eigenvalue weighted by Crippen LogP contribution is 2.38. The first-order valence-corrected chi connectivity index (χ1v) is 6.75. The van der Waals surface area contributed by atoms with Crippen molar-refractivity contribution in [1.82, 2.24) is 0 Å². The van der Waals surface area contributed by atoms with Gasteiger partial charge in [0.2, 0.25) is 0 Å². The Morgan fingerprint density at radius 2 is 1.73 bits per heavy atom. The number of carboxylic acids is 1. The summed E-state index contributed by atoms with van der Waals surface area (Å²) in [6, 6.07) is 1.42. The summed E-state index contributed by atoms with van der Waals surface area (Å²) in [5.74, 6) is -2.60. The molecule has 1 aromatic carbocycles. The first kappa shape index (κ1) is 17.4. The lowest BCUT2D eigenvalue weighted by Crippen LogP contribution is -2.08. The molecule has 0 aliphatic heterocycles. The lowest BCUT2D eigenvalue weighted by Gasteiger charge is -2.05. The summed E-state index contributed by atoms with van der Waals surface area (Å²) in [4.78, 5) is 41.9. The van der Waals surface area contributed by atoms with Gasteiger partial charge in [0.1, 0.15) is 0 Å². The third kappa shape index (κ3) is 4.15. The van der Waals surface area contributed by atoms with E-state index in [1.54, 1.807) is 6.92 Å². The Morgan fingerprint density at radius 1 is 1.23 bits per heavy atom. The van der Waals surface area contributed by atoms with Crippen molar-refractivity contribution in [2.75, 3.05) is 12.4 Å². The maximum absolute atomic E-state index is 11.3. The van der Waals surface area contributed by atoms with E-state index in [4.69, 9.17) is 5.11 Å². The van der Waals surface area contributed by atoms with Gasteiger partial charge in [-0.05, 0) is 6.92 Å². The summed E-state index contributed by atoms with van der Waals surface area (Å²) in [7, 11) is 0. The lowest BCUT2D eigenvalue weighted by atomic mass is 10.2. The van der Waals surface area contributed by atoms with Crippen LogP contribution in [0.1, 0.15) is 17.3 Å². The van der Waals surface area contributed by atoms with Gasteiger partial charge in [-0.3, -0.25) is 25.0 Å². The Bertz CT molecular complexity index is 610. The lowest BCUT2D eigenvalue weighted by molar-refractivity contribution is -0.399. The molecule has 10 nitrogen and oxygen atoms in total. The van der Waals surface area contributed by atoms with Gasteiger partial charge < -0.3 is 9.84 Å². The maximum atomic E-state index is 11.3. The number of rotatable bonds is 7. The summed E-state index contributed by atoms with van der Waals surface area (Å²) in [6.07, 6.45) is 0. The molecule has 1 rings (SSSR count). The van der Waals surface area contributed by atoms with Crippen molar-refractivity contribution >= 4 is 35.1 Å². The number of nitrogens with zero attached hydrogens (tertiary/aromatic N) is 2. The molecule has 0 saturated heterocycles. The summed E-state index contributed by atoms with van der Waals surface area (Å²) in [5.41, 5.74) is -2.08. The van der Waals surface area contributed by atoms with Crippen LogP contribution in [0.4, 0.5) is 11.4 Å². The SMILES string of the molecule is CCOC(=O)CSc1c([N+](=O)[O-])cc(C(=O)O)cc1[N+](=O)[O-]. The molecule has 0 heterocycles. The zero-order valence-corrected chi connectivity index (χ0v) is 12.0. The van der Waals surface area contributed by atoms with Crippen molar-refractivity contribution < 1.29 is 29.3 Å². The first-order valence-electron chi connectivity index (χ1n) is 5.76. The van der Waals surface area contributed by atoms with Crippen LogP contribution in [0.25, 0.3) is 0 Å². The highest BCUT2D eigenvalue weighted by molar-refractivity contribution is 8.00. The van der Waals surface area contributed by atoms with Crippen molar-refractivity contribution in [3.63, 3.8) is 0 Å². The molecule has 0 saturated carbocycles. The minimum Gasteiger partial charge on any atom is -0.478 e. The summed E-state index contributed by atoms with van der Waals surface area (Å²) in [5, 5.41) is 30.9. The predicted octanol–water partition coefficient (Wildman–Crippen LogP) is 1.86. The molecule has 0 amide bonds. The second-order valence-electron chi connectivity index (χ2n) is 3.76. The van der Waals surface area contributed by atoms with Gasteiger partial charge in [-0.1, -0.05) is 0 Å². The number of hydrogen-bond donors (Lipinski definition) is 1. The maximum Gasteiger partial charge on any atom is 0.336 e. The highest BCUT2D eigenvalue weighted by atomic mass is 32.2. The minimum atomic E-state index is -1.53. The van der Waals surface area contributed by atoms with E-state index in [-0.39, 0.29) is 12.4 Å². The molecule has 0 bridgehead atoms. The Kier molecular flexibility index (Phi) is 5.81. The number of nitro groups is 2. The average molecular weight is 330 g/mol. The third-order valence-corrected chi connectivity index (χ3v) is 3.42. The quantitative estimate of drug-likeness (QED) is 0.342. The number of ether oxygens (including phenoxy) is 1. The van der Waals surface area contributed by atoms with Crippen LogP contribution in [0.15, 0.2) is 17.0 Å². The van der Waals surface area contributed by atoms with Crippen LogP contribution in [0.2, 0.25) is 0 Å². The van der Waals surface area contributed by atoms with E-state index in [2.05, 4.69) is 4.74 Å². The highest BCUT2D eigenvalue weighted by Gasteiger charge is 2.29. The number of carboxylic acid groups (broad SMARTS) is 1. The van der Waals surface area contributed by atoms with E-state index >= 15 is 0 Å². The van der Waals surface area contributed by atoms with E-state index in [9.17, 15) is 29.8 Å². The van der Waals surface area contributed by atoms with Gasteiger partial charge in [0.15, 0.2) is 4.90 Å². The molecule has 0 unspecified atom stereocenters. The normalized spacial score (nSPS) is 10.0. The van der Waals surface area contributed by atoms with Crippen LogP contribution >= 0.6 is 11.8 Å². The van der Waals surface area contributed by atoms with E-state index < -0.39 is 43.6 Å². The number of benzene rings is 1. The molecule has 0 spiro atoms. The van der Waals surface area contributed by atoms with Crippen molar-refractivity contribution in [3.8, 4) is 0 Å². The summed E-state index contributed by atoms with van der Waals surface area (Å²) < 4.78 is 4.63. The molecule has 0 radical (unpaired) electrons. The number of nitro benzene ring substituents is 2. The van der Waals surface area contributed by atoms with Gasteiger partial charge >= 0.3 is 11.9 Å². The van der Waals surface area contributed by atoms with Gasteiger partial charge in [0.05, 0.1) is 27.8 Å². The molecule has 0 fully saturated rings. The number of thioether (sulfide) groups is 1. The van der Waals surface area contributed by atoms with Crippen molar-refractivity contribution in [1.29, 1.82) is 0 Å². The molecular weight excluding hydrogens is 320 g/mol. The van der Waals surface area contributed by atoms with E-state index in [0.29, 0.717) is 23.9 Å². The van der Waals surface area contributed by atoms with Crippen LogP contribution in [0, 0.1) is 20.2 Å². The molecular formula is C11H10N2O8S. The van der Waals surface area contributed by atoms with Gasteiger partial charge in [-0.25, -0.2) is 4.79 Å². The van der Waals surface area contributed by atoms with Crippen LogP contribution in [0.3, 0.4) is 0 Å². The minimum absolute atomic E-state index is 0.0987. The largest absolute Gasteiger partial charge is 0.478 e. The van der Waals surface area contributed by atoms with Crippen molar-refractivity contribution in [3.05, 3.63) is 37.9 Å². The topological polar surface area (TPSA) is 150 Å². The zero-order chi connectivity index (χ0) is 16.9. The zero-order valence-electron chi connectivity index (χ0n) is 11.2. The molecule has 1 N–H and O–H groups in total. The summed E-state index contributed by atoms with van der Waals surface area (Å²) in [6.45, 7) is 1.66. The second kappa shape index (κ2) is 7.36. The second-order valence-corrected chi connectivity index (χ2v) is 4.74. The summed E-state index contributed by atoms with van der Waals surface area (Å²) >= 11 is 0.548. The number of carbonyl (C=O) groups is 2. The van der Waals surface area contributed by atoms with Gasteiger partial charge in [-0.2, -0.15) is 0 Å². The Hall–Kier alpha value is -2.69. The molecule has 11 heteroatoms. The van der Waals surface area contributed by atoms with E-state index in [0.717, 1.165) is 0 Å². The van der Waals surface area contributed by atoms with Crippen LogP contribution in [-0.2, 0) is 9.53 Å². The van der Waals surface area contributed by atoms with E-state index in [1.165, 1.54) is 0 Å². The van der Waals surface area contributed by atoms with Gasteiger partial charge in [-0.15, -0.1) is 11.8 Å². The molecule has 0 aliphatic rings. The fourth-order valence-electron chi connectivity index (χ4n) is 1.47. The number of esters is 1. The Labute approximate surface area is 127 Å². The molecule has 1 aromatic rings. The van der Waals surface area contributed by atoms with Crippen molar-refractivity contribution in [2.45, 2.75) is 11.8 Å². The number of aromatic carboxylic acids is 1. The predicted molar refractivity (Wildman–Crippen MR) is 74.1 cm³/mol. The standard InChI is InChI=1S/C11H10N2O8S/c1-2-21-9(14)5-22-10-7(12(17)18)3-6(11(15)16)4-8(10)13(19)20/h3-4H,2,5H2,1H3,(H,15,16). The van der Waals surface area contributed by atoms with Crippen LogP contribution in [0.5, 0.6) is 0 Å². The first-order chi connectivity index (χ1) is 10.3. The van der Waals surface area contributed by atoms with E-state index in [1.807, 2.05) is 0 Å². The fourth-order valence-corrected chi connectivity index (χ4v) is 2.38. The Balaban J connectivity index is 3.32. The smallest absolute Gasteiger partial charge is 0.336 e. The van der Waals surface area contributed by atoms with Gasteiger partial charge in [0, 0.05) is 12.1 Å². The molecule has 118 valence electrons. The van der Waals surface area contributed by atoms with Crippen LogP contribution in [-0.4, -0.2) is 39.3 Å². The molecule has 0 aromatic heterocycles. The monoisotopic (exact) mass is 330 g/mol. The third-order valence-electron chi connectivity index (χ3n) is 2.33. The number of carbonyl (C=O) groups excluding carboxylic acids is 1. The number of hydrogen-bond acceptors (Lipinski definition) is 8. The average Bonchev–Trinajstić information content (AvgIpc) is 2.44. The molecule has 0 atom stereocenters. The van der Waals surface area contributed by atoms with Gasteiger partial charge in [0.25, 0.3) is 11.4 Å². The molecule has 22 heavy (non-hydrogen) atoms. The van der Waals surface area contributed by atoms with Crippen molar-refractivity contribution in [2.24, 2.45) is 0 Å². The molecule has 0 aliphatic carbocycles. The fraction of sp³-hybridized carbons (Fsp3) is 0.273. The Morgan fingerprint density at radius 3 is 2.09 bits per heavy atom.